The molecule has 0 spiro atoms. The minimum absolute atomic E-state index is 0.818. The molecule has 0 aromatic carbocycles. The predicted octanol–water partition coefficient (Wildman–Crippen LogP) is 4.98. The topological polar surface area (TPSA) is 18.5 Å². The molecule has 0 rings (SSSR count). The van der Waals surface area contributed by atoms with Gasteiger partial charge in [-0.05, 0) is 25.1 Å². The second-order valence-electron chi connectivity index (χ2n) is 5.04. The Balaban J connectivity index is 3.62. The number of rotatable bonds is 13. The van der Waals surface area contributed by atoms with Crippen molar-refractivity contribution >= 4 is 8.56 Å². The van der Waals surface area contributed by atoms with Gasteiger partial charge in [0.2, 0.25) is 0 Å². The molecule has 1 unspecified atom stereocenters. The first-order chi connectivity index (χ1) is 8.68. The van der Waals surface area contributed by atoms with Crippen LogP contribution in [0.15, 0.2) is 12.3 Å². The third-order valence-corrected chi connectivity index (χ3v) is 5.44. The molecule has 108 valence electrons. The van der Waals surface area contributed by atoms with Crippen molar-refractivity contribution in [3.63, 3.8) is 0 Å². The Kier molecular flexibility index (Phi) is 11.9. The molecule has 0 aliphatic rings. The van der Waals surface area contributed by atoms with Gasteiger partial charge in [0.1, 0.15) is 0 Å². The molecule has 1 atom stereocenters. The zero-order valence-electron chi connectivity index (χ0n) is 12.7. The van der Waals surface area contributed by atoms with Gasteiger partial charge in [0, 0.05) is 13.2 Å². The largest absolute Gasteiger partial charge is 0.391 e. The second kappa shape index (κ2) is 11.9. The molecule has 0 heterocycles. The maximum absolute atomic E-state index is 5.94. The van der Waals surface area contributed by atoms with Crippen LogP contribution in [0.25, 0.3) is 0 Å². The molecule has 2 nitrogen and oxygen atoms in total. The van der Waals surface area contributed by atoms with Crippen LogP contribution in [0.5, 0.6) is 0 Å². The highest BCUT2D eigenvalue weighted by Gasteiger charge is 2.26. The first-order valence-electron chi connectivity index (χ1n) is 7.60. The van der Waals surface area contributed by atoms with Crippen molar-refractivity contribution in [1.29, 1.82) is 0 Å². The van der Waals surface area contributed by atoms with E-state index in [9.17, 15) is 0 Å². The lowest BCUT2D eigenvalue weighted by atomic mass is 10.2. The van der Waals surface area contributed by atoms with E-state index < -0.39 is 8.56 Å². The van der Waals surface area contributed by atoms with Crippen LogP contribution in [-0.4, -0.2) is 21.8 Å². The summed E-state index contributed by atoms with van der Waals surface area (Å²) < 4.78 is 11.8. The van der Waals surface area contributed by atoms with Crippen LogP contribution >= 0.6 is 0 Å². The molecule has 18 heavy (non-hydrogen) atoms. The molecule has 0 aliphatic carbocycles. The van der Waals surface area contributed by atoms with E-state index in [0.29, 0.717) is 0 Å². The Morgan fingerprint density at radius 1 is 0.833 bits per heavy atom. The summed E-state index contributed by atoms with van der Waals surface area (Å²) in [6.07, 6.45) is 9.97. The summed E-state index contributed by atoms with van der Waals surface area (Å²) >= 11 is 0. The van der Waals surface area contributed by atoms with Crippen LogP contribution in [0.4, 0.5) is 0 Å². The number of unbranched alkanes of at least 4 members (excludes halogenated alkanes) is 6. The zero-order chi connectivity index (χ0) is 13.7. The molecule has 0 bridgehead atoms. The Labute approximate surface area is 115 Å². The highest BCUT2D eigenvalue weighted by molar-refractivity contribution is 6.71. The number of hydrogen-bond acceptors (Lipinski definition) is 2. The molecule has 0 amide bonds. The summed E-state index contributed by atoms with van der Waals surface area (Å²) in [7, 11) is -2.08. The summed E-state index contributed by atoms with van der Waals surface area (Å²) in [5.74, 6) is 0. The van der Waals surface area contributed by atoms with Gasteiger partial charge >= 0.3 is 8.56 Å². The summed E-state index contributed by atoms with van der Waals surface area (Å²) in [4.78, 5) is 0. The lowest BCUT2D eigenvalue weighted by molar-refractivity contribution is 0.178. The van der Waals surface area contributed by atoms with Crippen molar-refractivity contribution < 1.29 is 8.85 Å². The van der Waals surface area contributed by atoms with E-state index >= 15 is 0 Å². The van der Waals surface area contributed by atoms with Crippen LogP contribution in [0.2, 0.25) is 6.55 Å². The van der Waals surface area contributed by atoms with Gasteiger partial charge in [0.15, 0.2) is 0 Å². The Bertz CT molecular complexity index is 197. The maximum Gasteiger partial charge on any atom is 0.361 e. The van der Waals surface area contributed by atoms with Crippen molar-refractivity contribution in [3.05, 3.63) is 12.3 Å². The van der Waals surface area contributed by atoms with Crippen molar-refractivity contribution in [2.24, 2.45) is 0 Å². The summed E-state index contributed by atoms with van der Waals surface area (Å²) in [6.45, 7) is 12.1. The first kappa shape index (κ1) is 17.9. The lowest BCUT2D eigenvalue weighted by Gasteiger charge is -2.23. The van der Waals surface area contributed by atoms with Crippen molar-refractivity contribution in [2.45, 2.75) is 71.8 Å². The Hall–Kier alpha value is -0.123. The Morgan fingerprint density at radius 2 is 1.28 bits per heavy atom. The van der Waals surface area contributed by atoms with E-state index in [1.165, 1.54) is 38.5 Å². The standard InChI is InChI=1S/C15H32O2Si/c1-5-8-10-11-13-15-17-18(4,7-3)16-14-12-9-6-2/h7H,3,5-6,8-15H2,1-2,4H3. The van der Waals surface area contributed by atoms with Crippen LogP contribution < -0.4 is 0 Å². The molecule has 0 N–H and O–H groups in total. The molecular formula is C15H32O2Si. The van der Waals surface area contributed by atoms with Gasteiger partial charge in [-0.3, -0.25) is 0 Å². The van der Waals surface area contributed by atoms with E-state index in [4.69, 9.17) is 8.85 Å². The van der Waals surface area contributed by atoms with E-state index in [0.717, 1.165) is 26.1 Å². The normalized spacial score (nSPS) is 14.4. The average molecular weight is 273 g/mol. The summed E-state index contributed by atoms with van der Waals surface area (Å²) in [5, 5.41) is 0. The maximum atomic E-state index is 5.94. The summed E-state index contributed by atoms with van der Waals surface area (Å²) in [5.41, 5.74) is 1.91. The molecule has 0 fully saturated rings. The van der Waals surface area contributed by atoms with Gasteiger partial charge in [-0.15, -0.1) is 6.58 Å². The van der Waals surface area contributed by atoms with Crippen molar-refractivity contribution in [1.82, 2.24) is 0 Å². The fraction of sp³-hybridized carbons (Fsp3) is 0.867. The first-order valence-corrected chi connectivity index (χ1v) is 9.99. The molecule has 0 aliphatic heterocycles. The smallest absolute Gasteiger partial charge is 0.361 e. The van der Waals surface area contributed by atoms with Crippen molar-refractivity contribution in [3.8, 4) is 0 Å². The average Bonchev–Trinajstić information content (AvgIpc) is 2.39. The molecule has 3 heteroatoms. The third kappa shape index (κ3) is 9.86. The molecule has 0 saturated heterocycles. The second-order valence-corrected chi connectivity index (χ2v) is 8.06. The van der Waals surface area contributed by atoms with E-state index in [1.807, 2.05) is 5.70 Å². The number of hydrogen-bond donors (Lipinski definition) is 0. The van der Waals surface area contributed by atoms with Crippen LogP contribution in [0.1, 0.15) is 65.2 Å². The SMILES string of the molecule is C=C[Si](C)(OCCCCC)OCCCCCCC. The Morgan fingerprint density at radius 3 is 1.78 bits per heavy atom. The van der Waals surface area contributed by atoms with Crippen LogP contribution in [-0.2, 0) is 8.85 Å². The fourth-order valence-electron chi connectivity index (χ4n) is 1.77. The molecule has 0 saturated carbocycles. The third-order valence-electron chi connectivity index (χ3n) is 3.14. The minimum atomic E-state index is -2.08. The van der Waals surface area contributed by atoms with Gasteiger partial charge in [0.25, 0.3) is 0 Å². The monoisotopic (exact) mass is 272 g/mol. The predicted molar refractivity (Wildman–Crippen MR) is 82.0 cm³/mol. The molecule has 0 aromatic rings. The van der Waals surface area contributed by atoms with E-state index in [-0.39, 0.29) is 0 Å². The molecular weight excluding hydrogens is 240 g/mol. The lowest BCUT2D eigenvalue weighted by Crippen LogP contribution is -2.37. The summed E-state index contributed by atoms with van der Waals surface area (Å²) in [6, 6.07) is 0. The van der Waals surface area contributed by atoms with E-state index in [1.54, 1.807) is 0 Å². The highest BCUT2D eigenvalue weighted by Crippen LogP contribution is 2.12. The van der Waals surface area contributed by atoms with Crippen molar-refractivity contribution in [2.75, 3.05) is 13.2 Å². The fourth-order valence-corrected chi connectivity index (χ4v) is 3.19. The van der Waals surface area contributed by atoms with Crippen LogP contribution in [0, 0.1) is 0 Å². The van der Waals surface area contributed by atoms with Gasteiger partial charge in [-0.2, -0.15) is 0 Å². The quantitative estimate of drug-likeness (QED) is 0.348. The molecule has 0 aromatic heterocycles. The van der Waals surface area contributed by atoms with Gasteiger partial charge in [-0.1, -0.05) is 52.4 Å². The molecule has 0 radical (unpaired) electrons. The van der Waals surface area contributed by atoms with Gasteiger partial charge < -0.3 is 8.85 Å². The highest BCUT2D eigenvalue weighted by atomic mass is 28.4. The minimum Gasteiger partial charge on any atom is -0.391 e. The van der Waals surface area contributed by atoms with Crippen LogP contribution in [0.3, 0.4) is 0 Å². The van der Waals surface area contributed by atoms with Gasteiger partial charge in [0.05, 0.1) is 0 Å². The van der Waals surface area contributed by atoms with Gasteiger partial charge in [-0.25, -0.2) is 0 Å². The van der Waals surface area contributed by atoms with E-state index in [2.05, 4.69) is 27.0 Å². The zero-order valence-corrected chi connectivity index (χ0v) is 13.7.